The van der Waals surface area contributed by atoms with Crippen molar-refractivity contribution < 1.29 is 0 Å². The van der Waals surface area contributed by atoms with Gasteiger partial charge in [0.1, 0.15) is 0 Å². The summed E-state index contributed by atoms with van der Waals surface area (Å²) in [5.74, 6) is 0. The van der Waals surface area contributed by atoms with E-state index in [0.29, 0.717) is 6.04 Å². The fourth-order valence-electron chi connectivity index (χ4n) is 2.46. The minimum Gasteiger partial charge on any atom is -0.310 e. The Balaban J connectivity index is 1.89. The average molecular weight is 253 g/mol. The Kier molecular flexibility index (Phi) is 4.75. The second-order valence-electron chi connectivity index (χ2n) is 5.33. The van der Waals surface area contributed by atoms with Crippen LogP contribution < -0.4 is 5.32 Å². The molecule has 0 saturated carbocycles. The van der Waals surface area contributed by atoms with Gasteiger partial charge < -0.3 is 5.32 Å². The maximum absolute atomic E-state index is 3.60. The van der Waals surface area contributed by atoms with Crippen LogP contribution in [0.3, 0.4) is 0 Å². The van der Waals surface area contributed by atoms with Gasteiger partial charge in [0, 0.05) is 6.04 Å². The van der Waals surface area contributed by atoms with Gasteiger partial charge in [-0.05, 0) is 44.9 Å². The molecule has 19 heavy (non-hydrogen) atoms. The van der Waals surface area contributed by atoms with Crippen molar-refractivity contribution >= 4 is 0 Å². The first-order valence-electron chi connectivity index (χ1n) is 7.00. The van der Waals surface area contributed by atoms with E-state index in [1.165, 1.54) is 22.3 Å². The quantitative estimate of drug-likeness (QED) is 0.842. The van der Waals surface area contributed by atoms with E-state index >= 15 is 0 Å². The molecular weight excluding hydrogens is 230 g/mol. The molecule has 0 aromatic heterocycles. The SMILES string of the molecule is Cc1cc(C)cc(C(C)NCCc2ccccc2)c1. The minimum absolute atomic E-state index is 0.405. The van der Waals surface area contributed by atoms with Gasteiger partial charge in [0.15, 0.2) is 0 Å². The van der Waals surface area contributed by atoms with E-state index in [-0.39, 0.29) is 0 Å². The number of hydrogen-bond donors (Lipinski definition) is 1. The third kappa shape index (κ3) is 4.22. The fraction of sp³-hybridized carbons (Fsp3) is 0.333. The smallest absolute Gasteiger partial charge is 0.0292 e. The highest BCUT2D eigenvalue weighted by atomic mass is 14.9. The second kappa shape index (κ2) is 6.53. The van der Waals surface area contributed by atoms with Gasteiger partial charge in [0.2, 0.25) is 0 Å². The molecule has 100 valence electrons. The lowest BCUT2D eigenvalue weighted by molar-refractivity contribution is 0.576. The summed E-state index contributed by atoms with van der Waals surface area (Å²) >= 11 is 0. The highest BCUT2D eigenvalue weighted by molar-refractivity contribution is 5.30. The van der Waals surface area contributed by atoms with Gasteiger partial charge in [-0.1, -0.05) is 59.7 Å². The van der Waals surface area contributed by atoms with Crippen LogP contribution in [0.5, 0.6) is 0 Å². The molecule has 1 nitrogen and oxygen atoms in total. The predicted octanol–water partition coefficient (Wildman–Crippen LogP) is 4.20. The van der Waals surface area contributed by atoms with E-state index in [0.717, 1.165) is 13.0 Å². The molecule has 0 heterocycles. The predicted molar refractivity (Wildman–Crippen MR) is 82.5 cm³/mol. The zero-order valence-corrected chi connectivity index (χ0v) is 12.1. The Morgan fingerprint density at radius 3 is 2.21 bits per heavy atom. The van der Waals surface area contributed by atoms with Crippen LogP contribution in [0, 0.1) is 13.8 Å². The Morgan fingerprint density at radius 1 is 0.947 bits per heavy atom. The molecule has 0 saturated heterocycles. The number of aryl methyl sites for hydroxylation is 2. The van der Waals surface area contributed by atoms with E-state index in [2.05, 4.69) is 74.6 Å². The highest BCUT2D eigenvalue weighted by Gasteiger charge is 2.05. The van der Waals surface area contributed by atoms with Crippen LogP contribution in [0.4, 0.5) is 0 Å². The number of nitrogens with one attached hydrogen (secondary N) is 1. The summed E-state index contributed by atoms with van der Waals surface area (Å²) in [6.45, 7) is 7.57. The van der Waals surface area contributed by atoms with Gasteiger partial charge in [-0.2, -0.15) is 0 Å². The molecule has 1 heteroatoms. The summed E-state index contributed by atoms with van der Waals surface area (Å²) in [5, 5.41) is 3.60. The van der Waals surface area contributed by atoms with Crippen LogP contribution in [0.15, 0.2) is 48.5 Å². The molecule has 1 unspecified atom stereocenters. The van der Waals surface area contributed by atoms with Gasteiger partial charge in [0.25, 0.3) is 0 Å². The van der Waals surface area contributed by atoms with Gasteiger partial charge in [-0.25, -0.2) is 0 Å². The summed E-state index contributed by atoms with van der Waals surface area (Å²) in [4.78, 5) is 0. The lowest BCUT2D eigenvalue weighted by Crippen LogP contribution is -2.21. The van der Waals surface area contributed by atoms with Crippen molar-refractivity contribution in [3.05, 3.63) is 70.8 Å². The summed E-state index contributed by atoms with van der Waals surface area (Å²) in [6.07, 6.45) is 1.08. The third-order valence-corrected chi connectivity index (χ3v) is 3.45. The van der Waals surface area contributed by atoms with Gasteiger partial charge in [-0.3, -0.25) is 0 Å². The number of rotatable bonds is 5. The molecule has 0 aliphatic rings. The molecule has 1 N–H and O–H groups in total. The topological polar surface area (TPSA) is 12.0 Å². The largest absolute Gasteiger partial charge is 0.310 e. The Morgan fingerprint density at radius 2 is 1.58 bits per heavy atom. The Labute approximate surface area is 116 Å². The fourth-order valence-corrected chi connectivity index (χ4v) is 2.46. The first-order valence-corrected chi connectivity index (χ1v) is 7.00. The second-order valence-corrected chi connectivity index (χ2v) is 5.33. The zero-order valence-electron chi connectivity index (χ0n) is 12.1. The van der Waals surface area contributed by atoms with Gasteiger partial charge >= 0.3 is 0 Å². The molecule has 2 rings (SSSR count). The molecule has 0 amide bonds. The maximum Gasteiger partial charge on any atom is 0.0292 e. The van der Waals surface area contributed by atoms with Gasteiger partial charge in [0.05, 0.1) is 0 Å². The van der Waals surface area contributed by atoms with Crippen LogP contribution in [0.2, 0.25) is 0 Å². The molecule has 2 aromatic rings. The zero-order chi connectivity index (χ0) is 13.7. The first-order chi connectivity index (χ1) is 9.15. The van der Waals surface area contributed by atoms with Crippen LogP contribution >= 0.6 is 0 Å². The number of benzene rings is 2. The first kappa shape index (κ1) is 13.8. The molecule has 0 spiro atoms. The van der Waals surface area contributed by atoms with Crippen molar-refractivity contribution in [1.29, 1.82) is 0 Å². The van der Waals surface area contributed by atoms with Gasteiger partial charge in [-0.15, -0.1) is 0 Å². The maximum atomic E-state index is 3.60. The molecule has 0 bridgehead atoms. The van der Waals surface area contributed by atoms with E-state index < -0.39 is 0 Å². The third-order valence-electron chi connectivity index (χ3n) is 3.45. The van der Waals surface area contributed by atoms with Crippen molar-refractivity contribution in [3.63, 3.8) is 0 Å². The minimum atomic E-state index is 0.405. The molecule has 2 aromatic carbocycles. The number of hydrogen-bond acceptors (Lipinski definition) is 1. The molecular formula is C18H23N. The van der Waals surface area contributed by atoms with E-state index in [1.807, 2.05) is 0 Å². The summed E-state index contributed by atoms with van der Waals surface area (Å²) in [5.41, 5.74) is 5.45. The Bertz CT molecular complexity index is 496. The lowest BCUT2D eigenvalue weighted by atomic mass is 10.0. The lowest BCUT2D eigenvalue weighted by Gasteiger charge is -2.15. The summed E-state index contributed by atoms with van der Waals surface area (Å²) < 4.78 is 0. The van der Waals surface area contributed by atoms with Crippen molar-refractivity contribution in [2.24, 2.45) is 0 Å². The molecule has 0 radical (unpaired) electrons. The summed E-state index contributed by atoms with van der Waals surface area (Å²) in [6, 6.07) is 17.8. The normalized spacial score (nSPS) is 12.4. The van der Waals surface area contributed by atoms with Crippen LogP contribution in [0.25, 0.3) is 0 Å². The van der Waals surface area contributed by atoms with Crippen molar-refractivity contribution in [2.45, 2.75) is 33.2 Å². The van der Waals surface area contributed by atoms with E-state index in [9.17, 15) is 0 Å². The standard InChI is InChI=1S/C18H23N/c1-14-11-15(2)13-18(12-14)16(3)19-10-9-17-7-5-4-6-8-17/h4-8,11-13,16,19H,9-10H2,1-3H3. The van der Waals surface area contributed by atoms with E-state index in [4.69, 9.17) is 0 Å². The van der Waals surface area contributed by atoms with Crippen LogP contribution in [0.1, 0.15) is 35.2 Å². The highest BCUT2D eigenvalue weighted by Crippen LogP contribution is 2.16. The van der Waals surface area contributed by atoms with Crippen molar-refractivity contribution in [3.8, 4) is 0 Å². The Hall–Kier alpha value is -1.60. The average Bonchev–Trinajstić information content (AvgIpc) is 2.38. The monoisotopic (exact) mass is 253 g/mol. The molecule has 1 atom stereocenters. The molecule has 0 aliphatic carbocycles. The van der Waals surface area contributed by atoms with Crippen molar-refractivity contribution in [2.75, 3.05) is 6.54 Å². The molecule has 0 fully saturated rings. The molecule has 0 aliphatic heterocycles. The van der Waals surface area contributed by atoms with E-state index in [1.54, 1.807) is 0 Å². The van der Waals surface area contributed by atoms with Crippen LogP contribution in [-0.2, 0) is 6.42 Å². The van der Waals surface area contributed by atoms with Crippen LogP contribution in [-0.4, -0.2) is 6.54 Å². The summed E-state index contributed by atoms with van der Waals surface area (Å²) in [7, 11) is 0. The van der Waals surface area contributed by atoms with Crippen molar-refractivity contribution in [1.82, 2.24) is 5.32 Å².